The second kappa shape index (κ2) is 7.38. The Morgan fingerprint density at radius 3 is 2.57 bits per heavy atom. The molecule has 0 saturated heterocycles. The molecule has 2 rings (SSSR count). The molecule has 0 aliphatic carbocycles. The monoisotopic (exact) mass is 347 g/mol. The van der Waals surface area contributed by atoms with E-state index in [-0.39, 0.29) is 18.6 Å². The van der Waals surface area contributed by atoms with Crippen LogP contribution in [0.15, 0.2) is 53.0 Å². The lowest BCUT2D eigenvalue weighted by Crippen LogP contribution is -2.39. The van der Waals surface area contributed by atoms with Crippen LogP contribution in [0.3, 0.4) is 0 Å². The molecule has 0 aliphatic rings. The molecule has 2 N–H and O–H groups in total. The number of hydrogen-bond donors (Lipinski definition) is 2. The van der Waals surface area contributed by atoms with E-state index >= 15 is 0 Å². The van der Waals surface area contributed by atoms with Gasteiger partial charge in [0.2, 0.25) is 0 Å². The molecule has 3 nitrogen and oxygen atoms in total. The molecule has 0 spiro atoms. The Bertz CT molecular complexity index is 613. The maximum atomic E-state index is 12.3. The van der Waals surface area contributed by atoms with Gasteiger partial charge in [0.05, 0.1) is 12.6 Å². The largest absolute Gasteiger partial charge is 0.394 e. The molecule has 1 amide bonds. The van der Waals surface area contributed by atoms with Crippen LogP contribution in [-0.2, 0) is 6.42 Å². The third-order valence-electron chi connectivity index (χ3n) is 3.39. The Labute approximate surface area is 133 Å². The molecule has 0 radical (unpaired) electrons. The standard InChI is InChI=1S/C17H18BrNO2/c1-12-15(8-5-9-16(12)18)17(21)19-14(11-20)10-13-6-3-2-4-7-13/h2-9,14,20H,10-11H2,1H3,(H,19,21)/t14-/m1/s1. The number of rotatable bonds is 5. The van der Waals surface area contributed by atoms with Crippen molar-refractivity contribution in [3.05, 3.63) is 69.7 Å². The van der Waals surface area contributed by atoms with Crippen molar-refractivity contribution < 1.29 is 9.90 Å². The number of nitrogens with one attached hydrogen (secondary N) is 1. The van der Waals surface area contributed by atoms with E-state index in [9.17, 15) is 9.90 Å². The van der Waals surface area contributed by atoms with Crippen molar-refractivity contribution in [2.75, 3.05) is 6.61 Å². The zero-order valence-electron chi connectivity index (χ0n) is 11.8. The summed E-state index contributed by atoms with van der Waals surface area (Å²) >= 11 is 3.42. The highest BCUT2D eigenvalue weighted by molar-refractivity contribution is 9.10. The zero-order chi connectivity index (χ0) is 15.2. The van der Waals surface area contributed by atoms with Crippen molar-refractivity contribution in [2.45, 2.75) is 19.4 Å². The lowest BCUT2D eigenvalue weighted by molar-refractivity contribution is 0.0916. The van der Waals surface area contributed by atoms with Crippen molar-refractivity contribution in [3.8, 4) is 0 Å². The highest BCUT2D eigenvalue weighted by Crippen LogP contribution is 2.19. The van der Waals surface area contributed by atoms with Gasteiger partial charge in [0.1, 0.15) is 0 Å². The van der Waals surface area contributed by atoms with Crippen molar-refractivity contribution in [1.29, 1.82) is 0 Å². The first-order valence-electron chi connectivity index (χ1n) is 6.82. The average Bonchev–Trinajstić information content (AvgIpc) is 2.50. The molecule has 0 unspecified atom stereocenters. The Balaban J connectivity index is 2.08. The molecule has 110 valence electrons. The van der Waals surface area contributed by atoms with E-state index in [0.29, 0.717) is 12.0 Å². The molecule has 4 heteroatoms. The lowest BCUT2D eigenvalue weighted by atomic mass is 10.0. The summed E-state index contributed by atoms with van der Waals surface area (Å²) in [7, 11) is 0. The van der Waals surface area contributed by atoms with Gasteiger partial charge in [0.25, 0.3) is 5.91 Å². The van der Waals surface area contributed by atoms with Gasteiger partial charge < -0.3 is 10.4 Å². The number of carbonyl (C=O) groups is 1. The quantitative estimate of drug-likeness (QED) is 0.872. The minimum atomic E-state index is -0.293. The van der Waals surface area contributed by atoms with Crippen LogP contribution in [0.1, 0.15) is 21.5 Å². The van der Waals surface area contributed by atoms with Crippen LogP contribution >= 0.6 is 15.9 Å². The summed E-state index contributed by atoms with van der Waals surface area (Å²) in [5.74, 6) is -0.163. The van der Waals surface area contributed by atoms with Gasteiger partial charge >= 0.3 is 0 Å². The molecule has 0 bridgehead atoms. The van der Waals surface area contributed by atoms with Crippen LogP contribution < -0.4 is 5.32 Å². The predicted molar refractivity (Wildman–Crippen MR) is 87.4 cm³/mol. The van der Waals surface area contributed by atoms with E-state index in [1.165, 1.54) is 0 Å². The summed E-state index contributed by atoms with van der Waals surface area (Å²) in [6, 6.07) is 15.0. The molecule has 0 aliphatic heterocycles. The third-order valence-corrected chi connectivity index (χ3v) is 4.25. The third kappa shape index (κ3) is 4.16. The van der Waals surface area contributed by atoms with Crippen molar-refractivity contribution in [1.82, 2.24) is 5.32 Å². The van der Waals surface area contributed by atoms with Crippen LogP contribution in [0.5, 0.6) is 0 Å². The second-order valence-electron chi connectivity index (χ2n) is 4.96. The number of aliphatic hydroxyl groups is 1. The van der Waals surface area contributed by atoms with Crippen molar-refractivity contribution in [3.63, 3.8) is 0 Å². The summed E-state index contributed by atoms with van der Waals surface area (Å²) in [6.45, 7) is 1.80. The van der Waals surface area contributed by atoms with Gasteiger partial charge in [-0.05, 0) is 36.6 Å². The normalized spacial score (nSPS) is 12.0. The van der Waals surface area contributed by atoms with Gasteiger partial charge in [0.15, 0.2) is 0 Å². The van der Waals surface area contributed by atoms with Crippen LogP contribution in [-0.4, -0.2) is 23.7 Å². The van der Waals surface area contributed by atoms with Gasteiger partial charge in [-0.2, -0.15) is 0 Å². The molecule has 2 aromatic carbocycles. The highest BCUT2D eigenvalue weighted by Gasteiger charge is 2.16. The highest BCUT2D eigenvalue weighted by atomic mass is 79.9. The maximum Gasteiger partial charge on any atom is 0.251 e. The van der Waals surface area contributed by atoms with Gasteiger partial charge in [-0.1, -0.05) is 52.3 Å². The van der Waals surface area contributed by atoms with E-state index in [1.54, 1.807) is 6.07 Å². The van der Waals surface area contributed by atoms with Gasteiger partial charge in [-0.3, -0.25) is 4.79 Å². The van der Waals surface area contributed by atoms with E-state index in [2.05, 4.69) is 21.2 Å². The summed E-state index contributed by atoms with van der Waals surface area (Å²) in [6.07, 6.45) is 0.607. The van der Waals surface area contributed by atoms with E-state index in [1.807, 2.05) is 49.4 Å². The number of halogens is 1. The van der Waals surface area contributed by atoms with Gasteiger partial charge in [0, 0.05) is 10.0 Å². The molecular formula is C17H18BrNO2. The molecule has 0 fully saturated rings. The van der Waals surface area contributed by atoms with Gasteiger partial charge in [-0.25, -0.2) is 0 Å². The number of aliphatic hydroxyl groups excluding tert-OH is 1. The minimum absolute atomic E-state index is 0.0896. The first-order valence-corrected chi connectivity index (χ1v) is 7.62. The predicted octanol–water partition coefficient (Wildman–Crippen LogP) is 3.09. The van der Waals surface area contributed by atoms with Crippen LogP contribution in [0.25, 0.3) is 0 Å². The van der Waals surface area contributed by atoms with E-state index < -0.39 is 0 Å². The fraction of sp³-hybridized carbons (Fsp3) is 0.235. The number of benzene rings is 2. The fourth-order valence-corrected chi connectivity index (χ4v) is 2.54. The Hall–Kier alpha value is -1.65. The lowest BCUT2D eigenvalue weighted by Gasteiger charge is -2.17. The Kier molecular flexibility index (Phi) is 5.53. The fourth-order valence-electron chi connectivity index (χ4n) is 2.18. The van der Waals surface area contributed by atoms with Crippen molar-refractivity contribution in [2.24, 2.45) is 0 Å². The van der Waals surface area contributed by atoms with Crippen LogP contribution in [0, 0.1) is 6.92 Å². The maximum absolute atomic E-state index is 12.3. The first kappa shape index (κ1) is 15.7. The first-order chi connectivity index (χ1) is 10.1. The smallest absolute Gasteiger partial charge is 0.251 e. The Morgan fingerprint density at radius 2 is 1.90 bits per heavy atom. The van der Waals surface area contributed by atoms with Crippen LogP contribution in [0.2, 0.25) is 0 Å². The summed E-state index contributed by atoms with van der Waals surface area (Å²) < 4.78 is 0.902. The number of hydrogen-bond acceptors (Lipinski definition) is 2. The van der Waals surface area contributed by atoms with E-state index in [4.69, 9.17) is 0 Å². The van der Waals surface area contributed by atoms with E-state index in [0.717, 1.165) is 15.6 Å². The SMILES string of the molecule is Cc1c(Br)cccc1C(=O)N[C@@H](CO)Cc1ccccc1. The summed E-state index contributed by atoms with van der Waals surface area (Å²) in [5, 5.41) is 12.4. The van der Waals surface area contributed by atoms with Gasteiger partial charge in [-0.15, -0.1) is 0 Å². The molecular weight excluding hydrogens is 330 g/mol. The minimum Gasteiger partial charge on any atom is -0.394 e. The van der Waals surface area contributed by atoms with Crippen molar-refractivity contribution >= 4 is 21.8 Å². The molecule has 0 aromatic heterocycles. The molecule has 0 heterocycles. The molecule has 2 aromatic rings. The molecule has 1 atom stereocenters. The molecule has 0 saturated carbocycles. The summed E-state index contributed by atoms with van der Waals surface area (Å²) in [5.41, 5.74) is 2.60. The number of amides is 1. The van der Waals surface area contributed by atoms with Crippen LogP contribution in [0.4, 0.5) is 0 Å². The Morgan fingerprint density at radius 1 is 1.19 bits per heavy atom. The zero-order valence-corrected chi connectivity index (χ0v) is 13.4. The second-order valence-corrected chi connectivity index (χ2v) is 5.81. The number of carbonyl (C=O) groups excluding carboxylic acids is 1. The topological polar surface area (TPSA) is 49.3 Å². The summed E-state index contributed by atoms with van der Waals surface area (Å²) in [4.78, 5) is 12.3. The molecule has 21 heavy (non-hydrogen) atoms. The average molecular weight is 348 g/mol.